The van der Waals surface area contributed by atoms with Gasteiger partial charge < -0.3 is 5.32 Å². The summed E-state index contributed by atoms with van der Waals surface area (Å²) in [4.78, 5) is 25.5. The van der Waals surface area contributed by atoms with Crippen molar-refractivity contribution >= 4 is 28.0 Å². The summed E-state index contributed by atoms with van der Waals surface area (Å²) >= 11 is 0. The smallest absolute Gasteiger partial charge is 0.275 e. The van der Waals surface area contributed by atoms with Crippen LogP contribution in [0, 0.1) is 6.92 Å². The normalized spacial score (nSPS) is 12.4. The lowest BCUT2D eigenvalue weighted by atomic mass is 9.98. The zero-order valence-corrected chi connectivity index (χ0v) is 16.6. The second kappa shape index (κ2) is 7.46. The summed E-state index contributed by atoms with van der Waals surface area (Å²) in [5.74, 6) is -0.154. The van der Waals surface area contributed by atoms with Gasteiger partial charge in [0.1, 0.15) is 12.9 Å². The quantitative estimate of drug-likeness (QED) is 0.565. The number of aromatic nitrogens is 5. The molecule has 8 heteroatoms. The molecule has 0 saturated carbocycles. The highest BCUT2D eigenvalue weighted by molar-refractivity contribution is 5.91. The van der Waals surface area contributed by atoms with Crippen molar-refractivity contribution in [3.63, 3.8) is 0 Å². The summed E-state index contributed by atoms with van der Waals surface area (Å²) in [7, 11) is 0. The molecule has 0 saturated heterocycles. The van der Waals surface area contributed by atoms with Gasteiger partial charge in [0.15, 0.2) is 5.65 Å². The van der Waals surface area contributed by atoms with Crippen LogP contribution in [0.15, 0.2) is 47.7 Å². The molecule has 0 radical (unpaired) electrons. The van der Waals surface area contributed by atoms with Crippen LogP contribution >= 0.6 is 0 Å². The maximum atomic E-state index is 12.9. The number of carbonyl (C=O) groups excluding carboxylic acids is 1. The molecule has 1 atom stereocenters. The lowest BCUT2D eigenvalue weighted by Crippen LogP contribution is -2.31. The van der Waals surface area contributed by atoms with Gasteiger partial charge in [-0.3, -0.25) is 14.0 Å². The molecule has 148 valence electrons. The van der Waals surface area contributed by atoms with Crippen LogP contribution in [0.1, 0.15) is 37.4 Å². The molecule has 0 spiro atoms. The second-order valence-electron chi connectivity index (χ2n) is 7.27. The highest BCUT2D eigenvalue weighted by Crippen LogP contribution is 2.24. The summed E-state index contributed by atoms with van der Waals surface area (Å²) in [5.41, 5.74) is 2.92. The minimum Gasteiger partial charge on any atom is -0.323 e. The molecule has 0 unspecified atom stereocenters. The van der Waals surface area contributed by atoms with Gasteiger partial charge in [0.05, 0.1) is 16.8 Å². The molecule has 0 aliphatic rings. The summed E-state index contributed by atoms with van der Waals surface area (Å²) < 4.78 is 2.96. The number of benzene rings is 1. The zero-order valence-electron chi connectivity index (χ0n) is 16.6. The van der Waals surface area contributed by atoms with E-state index in [1.54, 1.807) is 29.1 Å². The molecule has 0 fully saturated rings. The highest BCUT2D eigenvalue weighted by Gasteiger charge is 2.17. The molecular formula is C21H22N6O2. The third kappa shape index (κ3) is 3.61. The van der Waals surface area contributed by atoms with E-state index in [-0.39, 0.29) is 23.9 Å². The molecule has 0 bridgehead atoms. The third-order valence-electron chi connectivity index (χ3n) is 5.09. The molecule has 29 heavy (non-hydrogen) atoms. The van der Waals surface area contributed by atoms with Gasteiger partial charge in [-0.25, -0.2) is 4.68 Å². The number of amides is 1. The van der Waals surface area contributed by atoms with Crippen molar-refractivity contribution in [1.82, 2.24) is 24.4 Å². The van der Waals surface area contributed by atoms with Crippen molar-refractivity contribution in [2.75, 3.05) is 5.32 Å². The fourth-order valence-electron chi connectivity index (χ4n) is 3.33. The molecule has 0 aliphatic heterocycles. The van der Waals surface area contributed by atoms with Crippen LogP contribution in [0.5, 0.6) is 0 Å². The van der Waals surface area contributed by atoms with E-state index in [1.165, 1.54) is 4.68 Å². The number of hydrogen-bond acceptors (Lipinski definition) is 5. The van der Waals surface area contributed by atoms with Crippen molar-refractivity contribution in [2.45, 2.75) is 39.7 Å². The molecule has 1 aromatic carbocycles. The van der Waals surface area contributed by atoms with Crippen LogP contribution in [0.2, 0.25) is 0 Å². The average molecular weight is 390 g/mol. The van der Waals surface area contributed by atoms with Crippen molar-refractivity contribution in [3.05, 3.63) is 64.5 Å². The van der Waals surface area contributed by atoms with Gasteiger partial charge in [0, 0.05) is 17.5 Å². The van der Waals surface area contributed by atoms with E-state index in [4.69, 9.17) is 0 Å². The predicted molar refractivity (Wildman–Crippen MR) is 111 cm³/mol. The minimum absolute atomic E-state index is 0.160. The van der Waals surface area contributed by atoms with Crippen molar-refractivity contribution < 1.29 is 4.79 Å². The van der Waals surface area contributed by atoms with Gasteiger partial charge in [0.25, 0.3) is 5.56 Å². The van der Waals surface area contributed by atoms with Gasteiger partial charge in [0.2, 0.25) is 5.91 Å². The molecule has 4 aromatic rings. The maximum Gasteiger partial charge on any atom is 0.275 e. The standard InChI is InChI=1S/C21H22N6O2/c1-4-14(3)20-17-9-13(2)5-7-16(17)21(29)27(25-20)11-19(28)23-15-6-8-18-24-22-12-26(18)10-15/h5-10,12,14H,4,11H2,1-3H3,(H,23,28)/t14-/m1/s1. The van der Waals surface area contributed by atoms with Crippen molar-refractivity contribution in [2.24, 2.45) is 0 Å². The van der Waals surface area contributed by atoms with Gasteiger partial charge in [-0.1, -0.05) is 25.5 Å². The Morgan fingerprint density at radius 1 is 1.21 bits per heavy atom. The third-order valence-corrected chi connectivity index (χ3v) is 5.09. The molecular weight excluding hydrogens is 368 g/mol. The highest BCUT2D eigenvalue weighted by atomic mass is 16.2. The first-order valence-electron chi connectivity index (χ1n) is 9.57. The van der Waals surface area contributed by atoms with Gasteiger partial charge >= 0.3 is 0 Å². The Bertz CT molecular complexity index is 1270. The number of nitrogens with zero attached hydrogens (tertiary/aromatic N) is 5. The van der Waals surface area contributed by atoms with E-state index in [9.17, 15) is 9.59 Å². The van der Waals surface area contributed by atoms with Gasteiger partial charge in [-0.2, -0.15) is 5.10 Å². The fourth-order valence-corrected chi connectivity index (χ4v) is 3.33. The Labute approximate surface area is 167 Å². The molecule has 3 aromatic heterocycles. The monoisotopic (exact) mass is 390 g/mol. The molecule has 1 amide bonds. The predicted octanol–water partition coefficient (Wildman–Crippen LogP) is 2.90. The minimum atomic E-state index is -0.325. The van der Waals surface area contributed by atoms with Crippen LogP contribution in [-0.2, 0) is 11.3 Å². The van der Waals surface area contributed by atoms with Crippen molar-refractivity contribution in [1.29, 1.82) is 0 Å². The summed E-state index contributed by atoms with van der Waals surface area (Å²) in [5, 5.41) is 16.5. The number of nitrogens with one attached hydrogen (secondary N) is 1. The Morgan fingerprint density at radius 3 is 2.83 bits per heavy atom. The first kappa shape index (κ1) is 18.8. The Kier molecular flexibility index (Phi) is 4.84. The van der Waals surface area contributed by atoms with E-state index >= 15 is 0 Å². The fraction of sp³-hybridized carbons (Fsp3) is 0.286. The number of rotatable bonds is 5. The summed E-state index contributed by atoms with van der Waals surface area (Å²) in [6.07, 6.45) is 4.16. The van der Waals surface area contributed by atoms with Crippen LogP contribution in [0.4, 0.5) is 5.69 Å². The van der Waals surface area contributed by atoms with E-state index in [0.717, 1.165) is 23.1 Å². The Balaban J connectivity index is 1.67. The number of aryl methyl sites for hydroxylation is 1. The first-order chi connectivity index (χ1) is 14.0. The largest absolute Gasteiger partial charge is 0.323 e. The van der Waals surface area contributed by atoms with E-state index in [1.807, 2.05) is 25.1 Å². The Morgan fingerprint density at radius 2 is 2.03 bits per heavy atom. The summed E-state index contributed by atoms with van der Waals surface area (Å²) in [6, 6.07) is 9.21. The topological polar surface area (TPSA) is 94.2 Å². The first-order valence-corrected chi connectivity index (χ1v) is 9.57. The summed E-state index contributed by atoms with van der Waals surface area (Å²) in [6.45, 7) is 5.99. The number of anilines is 1. The van der Waals surface area contributed by atoms with Crippen LogP contribution in [0.25, 0.3) is 16.4 Å². The van der Waals surface area contributed by atoms with Crippen molar-refractivity contribution in [3.8, 4) is 0 Å². The number of fused-ring (bicyclic) bond motifs is 2. The van der Waals surface area contributed by atoms with Crippen LogP contribution in [-0.4, -0.2) is 30.3 Å². The molecule has 8 nitrogen and oxygen atoms in total. The zero-order chi connectivity index (χ0) is 20.5. The van der Waals surface area contributed by atoms with Gasteiger partial charge in [-0.05, 0) is 37.6 Å². The number of hydrogen-bond donors (Lipinski definition) is 1. The average Bonchev–Trinajstić information content (AvgIpc) is 3.17. The van der Waals surface area contributed by atoms with Crippen LogP contribution in [0.3, 0.4) is 0 Å². The van der Waals surface area contributed by atoms with E-state index in [0.29, 0.717) is 16.7 Å². The maximum absolute atomic E-state index is 12.9. The van der Waals surface area contributed by atoms with Gasteiger partial charge in [-0.15, -0.1) is 10.2 Å². The Hall–Kier alpha value is -3.55. The van der Waals surface area contributed by atoms with E-state index < -0.39 is 0 Å². The SMILES string of the molecule is CC[C@@H](C)c1nn(CC(=O)Nc2ccc3nncn3c2)c(=O)c2ccc(C)cc12. The number of pyridine rings is 1. The van der Waals surface area contributed by atoms with E-state index in [2.05, 4.69) is 34.5 Å². The second-order valence-corrected chi connectivity index (χ2v) is 7.27. The lowest BCUT2D eigenvalue weighted by Gasteiger charge is -2.15. The lowest BCUT2D eigenvalue weighted by molar-refractivity contribution is -0.117. The molecule has 4 rings (SSSR count). The molecule has 0 aliphatic carbocycles. The molecule has 3 heterocycles. The molecule has 1 N–H and O–H groups in total. The van der Waals surface area contributed by atoms with Crippen LogP contribution < -0.4 is 10.9 Å². The number of carbonyl (C=O) groups is 1.